The smallest absolute Gasteiger partial charge is 0.225 e. The predicted molar refractivity (Wildman–Crippen MR) is 80.1 cm³/mol. The molecule has 0 bridgehead atoms. The molecule has 110 valence electrons. The second-order valence-electron chi connectivity index (χ2n) is 5.09. The fourth-order valence-corrected chi connectivity index (χ4v) is 2.42. The SMILES string of the molecule is COc1ccccc1NC(=O)CCN1CCNC[C@@H]1C. The zero-order chi connectivity index (χ0) is 14.4. The molecule has 1 atom stereocenters. The summed E-state index contributed by atoms with van der Waals surface area (Å²) in [5, 5.41) is 6.26. The minimum Gasteiger partial charge on any atom is -0.495 e. The molecule has 5 heteroatoms. The van der Waals surface area contributed by atoms with Gasteiger partial charge in [-0.3, -0.25) is 9.69 Å². The lowest BCUT2D eigenvalue weighted by molar-refractivity contribution is -0.116. The molecule has 1 fully saturated rings. The number of carbonyl (C=O) groups excluding carboxylic acids is 1. The molecule has 1 aromatic carbocycles. The van der Waals surface area contributed by atoms with Crippen LogP contribution in [0.5, 0.6) is 5.75 Å². The number of hydrogen-bond acceptors (Lipinski definition) is 4. The third-order valence-corrected chi connectivity index (χ3v) is 3.65. The molecule has 1 aromatic rings. The van der Waals surface area contributed by atoms with Crippen LogP contribution >= 0.6 is 0 Å². The van der Waals surface area contributed by atoms with E-state index in [-0.39, 0.29) is 5.91 Å². The van der Waals surface area contributed by atoms with E-state index in [2.05, 4.69) is 22.5 Å². The summed E-state index contributed by atoms with van der Waals surface area (Å²) in [7, 11) is 1.60. The molecule has 1 aliphatic rings. The molecule has 1 heterocycles. The standard InChI is InChI=1S/C15H23N3O2/c1-12-11-16-8-10-18(12)9-7-15(19)17-13-5-3-4-6-14(13)20-2/h3-6,12,16H,7-11H2,1-2H3,(H,17,19)/t12-/m0/s1. The number of piperazine rings is 1. The van der Waals surface area contributed by atoms with Crippen LogP contribution in [0.3, 0.4) is 0 Å². The molecule has 2 rings (SSSR count). The summed E-state index contributed by atoms with van der Waals surface area (Å²) in [6.45, 7) is 5.98. The van der Waals surface area contributed by atoms with Gasteiger partial charge in [0.25, 0.3) is 0 Å². The molecule has 0 spiro atoms. The van der Waals surface area contributed by atoms with Crippen LogP contribution in [-0.4, -0.2) is 50.1 Å². The summed E-state index contributed by atoms with van der Waals surface area (Å²) in [6, 6.07) is 7.95. The number of nitrogens with one attached hydrogen (secondary N) is 2. The average molecular weight is 277 g/mol. The van der Waals surface area contributed by atoms with Crippen LogP contribution < -0.4 is 15.4 Å². The second-order valence-corrected chi connectivity index (χ2v) is 5.09. The van der Waals surface area contributed by atoms with Crippen LogP contribution in [0.25, 0.3) is 0 Å². The Kier molecular flexibility index (Phi) is 5.38. The summed E-state index contributed by atoms with van der Waals surface area (Å²) in [5.74, 6) is 0.719. The first-order valence-electron chi connectivity index (χ1n) is 7.08. The van der Waals surface area contributed by atoms with Crippen LogP contribution in [0.2, 0.25) is 0 Å². The summed E-state index contributed by atoms with van der Waals surface area (Å²) in [4.78, 5) is 14.4. The third kappa shape index (κ3) is 3.95. The van der Waals surface area contributed by atoms with Crippen molar-refractivity contribution < 1.29 is 9.53 Å². The van der Waals surface area contributed by atoms with Gasteiger partial charge in [-0.05, 0) is 19.1 Å². The number of nitrogens with zero attached hydrogens (tertiary/aromatic N) is 1. The number of amides is 1. The number of hydrogen-bond donors (Lipinski definition) is 2. The average Bonchev–Trinajstić information content (AvgIpc) is 2.47. The van der Waals surface area contributed by atoms with E-state index in [4.69, 9.17) is 4.74 Å². The third-order valence-electron chi connectivity index (χ3n) is 3.65. The van der Waals surface area contributed by atoms with Crippen LogP contribution in [0.1, 0.15) is 13.3 Å². The lowest BCUT2D eigenvalue weighted by atomic mass is 10.2. The normalized spacial score (nSPS) is 19.6. The van der Waals surface area contributed by atoms with Gasteiger partial charge in [0.15, 0.2) is 0 Å². The summed E-state index contributed by atoms with van der Waals surface area (Å²) in [6.07, 6.45) is 0.502. The first kappa shape index (κ1) is 14.8. The monoisotopic (exact) mass is 277 g/mol. The zero-order valence-corrected chi connectivity index (χ0v) is 12.2. The maximum atomic E-state index is 12.0. The fourth-order valence-electron chi connectivity index (χ4n) is 2.42. The van der Waals surface area contributed by atoms with Crippen LogP contribution in [0.15, 0.2) is 24.3 Å². The van der Waals surface area contributed by atoms with E-state index in [1.807, 2.05) is 24.3 Å². The van der Waals surface area contributed by atoms with Crippen molar-refractivity contribution in [2.24, 2.45) is 0 Å². The maximum absolute atomic E-state index is 12.0. The van der Waals surface area contributed by atoms with Crippen molar-refractivity contribution in [1.29, 1.82) is 0 Å². The van der Waals surface area contributed by atoms with Crippen molar-refractivity contribution >= 4 is 11.6 Å². The number of rotatable bonds is 5. The molecule has 1 saturated heterocycles. The van der Waals surface area contributed by atoms with Crippen molar-refractivity contribution in [3.8, 4) is 5.75 Å². The Hall–Kier alpha value is -1.59. The molecule has 0 radical (unpaired) electrons. The Labute approximate surface area is 120 Å². The van der Waals surface area contributed by atoms with E-state index < -0.39 is 0 Å². The predicted octanol–water partition coefficient (Wildman–Crippen LogP) is 1.32. The highest BCUT2D eigenvalue weighted by molar-refractivity contribution is 5.92. The maximum Gasteiger partial charge on any atom is 0.225 e. The molecule has 1 amide bonds. The van der Waals surface area contributed by atoms with Crippen molar-refractivity contribution in [2.45, 2.75) is 19.4 Å². The van der Waals surface area contributed by atoms with E-state index in [1.54, 1.807) is 7.11 Å². The second kappa shape index (κ2) is 7.26. The quantitative estimate of drug-likeness (QED) is 0.852. The Morgan fingerprint density at radius 3 is 3.05 bits per heavy atom. The van der Waals surface area contributed by atoms with E-state index in [0.717, 1.165) is 31.9 Å². The number of carbonyl (C=O) groups is 1. The number of benzene rings is 1. The van der Waals surface area contributed by atoms with Crippen LogP contribution in [0, 0.1) is 0 Å². The zero-order valence-electron chi connectivity index (χ0n) is 12.2. The highest BCUT2D eigenvalue weighted by atomic mass is 16.5. The van der Waals surface area contributed by atoms with Crippen molar-refractivity contribution in [3.63, 3.8) is 0 Å². The Morgan fingerprint density at radius 2 is 2.30 bits per heavy atom. The number of para-hydroxylation sites is 2. The van der Waals surface area contributed by atoms with Gasteiger partial charge in [-0.2, -0.15) is 0 Å². The van der Waals surface area contributed by atoms with Gasteiger partial charge in [0.05, 0.1) is 12.8 Å². The molecule has 5 nitrogen and oxygen atoms in total. The molecule has 0 unspecified atom stereocenters. The van der Waals surface area contributed by atoms with Gasteiger partial charge in [-0.15, -0.1) is 0 Å². The summed E-state index contributed by atoms with van der Waals surface area (Å²) < 4.78 is 5.22. The Balaban J connectivity index is 1.83. The first-order valence-corrected chi connectivity index (χ1v) is 7.08. The van der Waals surface area contributed by atoms with Crippen LogP contribution in [0.4, 0.5) is 5.69 Å². The summed E-state index contributed by atoms with van der Waals surface area (Å²) in [5.41, 5.74) is 0.730. The minimum absolute atomic E-state index is 0.0280. The van der Waals surface area contributed by atoms with Gasteiger partial charge < -0.3 is 15.4 Å². The van der Waals surface area contributed by atoms with Crippen molar-refractivity contribution in [1.82, 2.24) is 10.2 Å². The van der Waals surface area contributed by atoms with E-state index in [9.17, 15) is 4.79 Å². The van der Waals surface area contributed by atoms with Gasteiger partial charge in [0.1, 0.15) is 5.75 Å². The first-order chi connectivity index (χ1) is 9.70. The molecule has 20 heavy (non-hydrogen) atoms. The molecule has 1 aliphatic heterocycles. The van der Waals surface area contributed by atoms with Crippen LogP contribution in [-0.2, 0) is 4.79 Å². The van der Waals surface area contributed by atoms with Gasteiger partial charge in [-0.1, -0.05) is 12.1 Å². The molecule has 0 aliphatic carbocycles. The molecular formula is C15H23N3O2. The van der Waals surface area contributed by atoms with Gasteiger partial charge >= 0.3 is 0 Å². The number of anilines is 1. The van der Waals surface area contributed by atoms with Gasteiger partial charge in [0.2, 0.25) is 5.91 Å². The van der Waals surface area contributed by atoms with Gasteiger partial charge in [0, 0.05) is 38.6 Å². The van der Waals surface area contributed by atoms with E-state index in [1.165, 1.54) is 0 Å². The molecular weight excluding hydrogens is 254 g/mol. The van der Waals surface area contributed by atoms with Gasteiger partial charge in [-0.25, -0.2) is 0 Å². The van der Waals surface area contributed by atoms with E-state index in [0.29, 0.717) is 18.2 Å². The Morgan fingerprint density at radius 1 is 1.50 bits per heavy atom. The number of ether oxygens (including phenoxy) is 1. The van der Waals surface area contributed by atoms with E-state index >= 15 is 0 Å². The van der Waals surface area contributed by atoms with Crippen molar-refractivity contribution in [3.05, 3.63) is 24.3 Å². The lowest BCUT2D eigenvalue weighted by Gasteiger charge is -2.33. The molecule has 2 N–H and O–H groups in total. The summed E-state index contributed by atoms with van der Waals surface area (Å²) >= 11 is 0. The fraction of sp³-hybridized carbons (Fsp3) is 0.533. The highest BCUT2D eigenvalue weighted by Crippen LogP contribution is 2.23. The molecule has 0 saturated carbocycles. The minimum atomic E-state index is 0.0280. The van der Waals surface area contributed by atoms with Crippen molar-refractivity contribution in [2.75, 3.05) is 38.6 Å². The largest absolute Gasteiger partial charge is 0.495 e. The molecule has 0 aromatic heterocycles. The highest BCUT2D eigenvalue weighted by Gasteiger charge is 2.18. The number of methoxy groups -OCH3 is 1. The lowest BCUT2D eigenvalue weighted by Crippen LogP contribution is -2.50. The topological polar surface area (TPSA) is 53.6 Å². The Bertz CT molecular complexity index is 450.